The van der Waals surface area contributed by atoms with Gasteiger partial charge >= 0.3 is 20.3 Å². The average molecular weight is 692 g/mol. The predicted molar refractivity (Wildman–Crippen MR) is 163 cm³/mol. The molecule has 46 heavy (non-hydrogen) atoms. The maximum absolute atomic E-state index is 13.8. The Bertz CT molecular complexity index is 1530. The fourth-order valence-corrected chi connectivity index (χ4v) is 6.41. The summed E-state index contributed by atoms with van der Waals surface area (Å²) in [6.07, 6.45) is -4.99. The molecule has 2 aromatic rings. The van der Waals surface area contributed by atoms with E-state index in [1.807, 2.05) is 0 Å². The van der Waals surface area contributed by atoms with Crippen molar-refractivity contribution >= 4 is 41.4 Å². The Kier molecular flexibility index (Phi) is 11.7. The van der Waals surface area contributed by atoms with Crippen molar-refractivity contribution < 1.29 is 45.5 Å². The number of benzene rings is 1. The molecule has 4 N–H and O–H groups in total. The molecule has 254 valence electrons. The maximum Gasteiger partial charge on any atom is 0.614 e. The Balaban J connectivity index is 1.62. The Labute approximate surface area is 266 Å². The smallest absolute Gasteiger partial charge is 0.471 e. The lowest BCUT2D eigenvalue weighted by Crippen LogP contribution is -2.48. The summed E-state index contributed by atoms with van der Waals surface area (Å²) in [4.78, 5) is 32.6. The summed E-state index contributed by atoms with van der Waals surface area (Å²) in [5, 5.41) is 7.47. The summed E-state index contributed by atoms with van der Waals surface area (Å²) in [7, 11) is -5.62. The summed E-state index contributed by atoms with van der Waals surface area (Å²) in [6.45, 7) is 10.7. The van der Waals surface area contributed by atoms with Crippen LogP contribution in [-0.2, 0) is 39.3 Å². The molecule has 13 nitrogen and oxygen atoms in total. The molecule has 0 radical (unpaired) electrons. The lowest BCUT2D eigenvalue weighted by Gasteiger charge is -2.23. The molecule has 3 rings (SSSR count). The number of anilines is 2. The standard InChI is InChI=1S/C28H38F3N6O7PS/c1-15(23(38)34-16(2)25(39)43-27(5,6)7)37-45(40)44-18(4)17(3)42-24-22(28(29,30)31)14-33-26(36-24)35-19-8-10-20(11-9-19)46(32,41)21-12-13-21/h8-11,14-18,21H,12-13H2,1-7H3,(H3-,32,33,34,35,36,37,38,40,41)/p+1/t15?,16?,17-,18-,46?/m1/s1. The summed E-state index contributed by atoms with van der Waals surface area (Å²) < 4.78 is 90.7. The molecule has 1 saturated carbocycles. The predicted octanol–water partition coefficient (Wildman–Crippen LogP) is 5.46. The van der Waals surface area contributed by atoms with E-state index in [-0.39, 0.29) is 11.2 Å². The molecule has 1 aromatic heterocycles. The molecule has 0 bridgehead atoms. The number of aromatic nitrogens is 2. The number of carbonyl (C=O) groups is 2. The normalized spacial score (nSPS) is 17.9. The number of rotatable bonds is 14. The van der Waals surface area contributed by atoms with Gasteiger partial charge in [-0.05, 0) is 90.1 Å². The highest BCUT2D eigenvalue weighted by Crippen LogP contribution is 2.37. The number of alkyl halides is 3. The fraction of sp³-hybridized carbons (Fsp3) is 0.571. The van der Waals surface area contributed by atoms with Crippen molar-refractivity contribution in [3.05, 3.63) is 36.0 Å². The monoisotopic (exact) mass is 691 g/mol. The van der Waals surface area contributed by atoms with Crippen molar-refractivity contribution in [1.82, 2.24) is 20.4 Å². The van der Waals surface area contributed by atoms with Crippen LogP contribution in [0.4, 0.5) is 24.8 Å². The lowest BCUT2D eigenvalue weighted by atomic mass is 10.2. The second-order valence-corrected chi connectivity index (χ2v) is 15.2. The van der Waals surface area contributed by atoms with Gasteiger partial charge in [-0.1, -0.05) is 5.09 Å². The van der Waals surface area contributed by atoms with Gasteiger partial charge in [-0.2, -0.15) is 18.2 Å². The molecule has 1 fully saturated rings. The van der Waals surface area contributed by atoms with E-state index in [1.165, 1.54) is 52.0 Å². The summed E-state index contributed by atoms with van der Waals surface area (Å²) in [5.74, 6) is -2.35. The molecule has 4 unspecified atom stereocenters. The summed E-state index contributed by atoms with van der Waals surface area (Å²) in [5.41, 5.74) is -1.63. The molecule has 1 aliphatic rings. The van der Waals surface area contributed by atoms with Crippen molar-refractivity contribution in [3.8, 4) is 5.88 Å². The van der Waals surface area contributed by atoms with Crippen molar-refractivity contribution in [2.75, 3.05) is 5.32 Å². The van der Waals surface area contributed by atoms with Crippen molar-refractivity contribution in [2.45, 2.75) is 108 Å². The van der Waals surface area contributed by atoms with Gasteiger partial charge in [0, 0.05) is 22.0 Å². The topological polar surface area (TPSA) is 182 Å². The molecule has 0 saturated heterocycles. The first kappa shape index (κ1) is 37.1. The Morgan fingerprint density at radius 2 is 1.65 bits per heavy atom. The van der Waals surface area contributed by atoms with Gasteiger partial charge in [0.15, 0.2) is 0 Å². The zero-order valence-electron chi connectivity index (χ0n) is 26.4. The molecule has 0 aliphatic heterocycles. The first-order valence-electron chi connectivity index (χ1n) is 14.4. The van der Waals surface area contributed by atoms with Crippen LogP contribution in [0.15, 0.2) is 35.4 Å². The third-order valence-corrected chi connectivity index (χ3v) is 10.1. The zero-order valence-corrected chi connectivity index (χ0v) is 28.1. The number of halogens is 3. The fourth-order valence-electron chi connectivity index (χ4n) is 3.72. The minimum atomic E-state index is -4.86. The van der Waals surface area contributed by atoms with E-state index in [4.69, 9.17) is 18.8 Å². The van der Waals surface area contributed by atoms with E-state index in [2.05, 4.69) is 25.7 Å². The van der Waals surface area contributed by atoms with Crippen LogP contribution in [-0.4, -0.2) is 61.2 Å². The first-order valence-corrected chi connectivity index (χ1v) is 17.2. The number of hydrogen-bond donors (Lipinski definition) is 4. The van der Waals surface area contributed by atoms with E-state index in [0.717, 1.165) is 12.8 Å². The quantitative estimate of drug-likeness (QED) is 0.146. The maximum atomic E-state index is 13.8. The highest BCUT2D eigenvalue weighted by atomic mass is 32.2. The number of ether oxygens (including phenoxy) is 2. The molecule has 1 aliphatic carbocycles. The summed E-state index contributed by atoms with van der Waals surface area (Å²) >= 11 is 0. The van der Waals surface area contributed by atoms with E-state index >= 15 is 0 Å². The number of esters is 1. The Morgan fingerprint density at radius 3 is 2.20 bits per heavy atom. The molecule has 1 amide bonds. The SMILES string of the molecule is CC(N[P+](=O)O[C@H](C)[C@@H](C)Oc1nc(Nc2ccc(S(=N)(=O)C3CC3)cc2)ncc1C(F)(F)F)C(=O)NC(C)C(=O)OC(C)(C)C. The molecule has 0 spiro atoms. The van der Waals surface area contributed by atoms with E-state index in [0.29, 0.717) is 16.8 Å². The highest BCUT2D eigenvalue weighted by molar-refractivity contribution is 7.93. The van der Waals surface area contributed by atoms with Gasteiger partial charge in [-0.25, -0.2) is 18.8 Å². The van der Waals surface area contributed by atoms with Crippen LogP contribution in [0.25, 0.3) is 0 Å². The van der Waals surface area contributed by atoms with Crippen LogP contribution < -0.4 is 20.5 Å². The highest BCUT2D eigenvalue weighted by Gasteiger charge is 2.39. The summed E-state index contributed by atoms with van der Waals surface area (Å²) in [6, 6.07) is 4.02. The number of amides is 1. The molecule has 6 atom stereocenters. The van der Waals surface area contributed by atoms with Crippen LogP contribution >= 0.6 is 8.18 Å². The van der Waals surface area contributed by atoms with Gasteiger partial charge in [0.25, 0.3) is 0 Å². The molecular formula is C28H39F3N6O7PS+. The minimum Gasteiger partial charge on any atom is -0.471 e. The number of nitrogens with zero attached hydrogens (tertiary/aromatic N) is 2. The van der Waals surface area contributed by atoms with Crippen LogP contribution in [0.5, 0.6) is 5.88 Å². The molecule has 18 heteroatoms. The van der Waals surface area contributed by atoms with Gasteiger partial charge in [0.05, 0.1) is 9.73 Å². The van der Waals surface area contributed by atoms with Crippen LogP contribution in [0, 0.1) is 4.78 Å². The molecular weight excluding hydrogens is 652 g/mol. The lowest BCUT2D eigenvalue weighted by molar-refractivity contribution is -0.158. The third-order valence-electron chi connectivity index (χ3n) is 6.55. The van der Waals surface area contributed by atoms with Crippen LogP contribution in [0.2, 0.25) is 0 Å². The third kappa shape index (κ3) is 10.6. The van der Waals surface area contributed by atoms with Crippen molar-refractivity contribution in [1.29, 1.82) is 4.78 Å². The number of hydrogen-bond acceptors (Lipinski definition) is 11. The second kappa shape index (κ2) is 14.6. The number of carbonyl (C=O) groups excluding carboxylic acids is 2. The van der Waals surface area contributed by atoms with Crippen LogP contribution in [0.1, 0.15) is 66.9 Å². The van der Waals surface area contributed by atoms with E-state index in [9.17, 15) is 31.5 Å². The van der Waals surface area contributed by atoms with Crippen molar-refractivity contribution in [3.63, 3.8) is 0 Å². The van der Waals surface area contributed by atoms with Gasteiger partial charge in [0.2, 0.25) is 17.7 Å². The van der Waals surface area contributed by atoms with Gasteiger partial charge in [-0.3, -0.25) is 4.79 Å². The molecule has 1 heterocycles. The Hall–Kier alpha value is -3.40. The van der Waals surface area contributed by atoms with Crippen molar-refractivity contribution in [2.24, 2.45) is 0 Å². The van der Waals surface area contributed by atoms with Gasteiger partial charge < -0.3 is 20.1 Å². The average Bonchev–Trinajstić information content (AvgIpc) is 3.78. The van der Waals surface area contributed by atoms with Gasteiger partial charge in [-0.15, -0.1) is 4.52 Å². The molecule has 1 aromatic carbocycles. The largest absolute Gasteiger partial charge is 0.614 e. The first-order chi connectivity index (χ1) is 21.2. The van der Waals surface area contributed by atoms with E-state index < -0.39 is 77.3 Å². The zero-order chi connectivity index (χ0) is 34.6. The second-order valence-electron chi connectivity index (χ2n) is 11.9. The van der Waals surface area contributed by atoms with Crippen LogP contribution in [0.3, 0.4) is 0 Å². The number of nitrogens with one attached hydrogen (secondary N) is 4. The van der Waals surface area contributed by atoms with E-state index in [1.54, 1.807) is 20.8 Å². The Morgan fingerprint density at radius 1 is 1.04 bits per heavy atom. The minimum absolute atomic E-state index is 0.172. The van der Waals surface area contributed by atoms with Gasteiger partial charge in [0.1, 0.15) is 35.5 Å².